The van der Waals surface area contributed by atoms with E-state index in [1.807, 2.05) is 74.5 Å². The van der Waals surface area contributed by atoms with Gasteiger partial charge < -0.3 is 34.5 Å². The van der Waals surface area contributed by atoms with Crippen LogP contribution in [0.25, 0.3) is 11.3 Å². The van der Waals surface area contributed by atoms with Crippen LogP contribution in [-0.4, -0.2) is 88.5 Å². The Labute approximate surface area is 386 Å². The number of amides is 2. The second-order valence-electron chi connectivity index (χ2n) is 15.5. The van der Waals surface area contributed by atoms with Crippen molar-refractivity contribution < 1.29 is 46.5 Å². The molecule has 0 unspecified atom stereocenters. The molecular weight excluding hydrogens is 850 g/mol. The summed E-state index contributed by atoms with van der Waals surface area (Å²) in [5.41, 5.74) is 5.61. The van der Waals surface area contributed by atoms with Gasteiger partial charge in [-0.05, 0) is 117 Å². The van der Waals surface area contributed by atoms with E-state index in [2.05, 4.69) is 27.4 Å². The highest BCUT2D eigenvalue weighted by Gasteiger charge is 2.30. The molecule has 0 bridgehead atoms. The van der Waals surface area contributed by atoms with Crippen LogP contribution in [0.5, 0.6) is 0 Å². The van der Waals surface area contributed by atoms with Crippen LogP contribution < -0.4 is 15.5 Å². The van der Waals surface area contributed by atoms with Crippen LogP contribution in [0.1, 0.15) is 93.4 Å². The Kier molecular flexibility index (Phi) is 20.8. The van der Waals surface area contributed by atoms with Crippen LogP contribution in [0.4, 0.5) is 24.5 Å². The predicted octanol–water partition coefficient (Wildman–Crippen LogP) is 10.0. The molecule has 4 aromatic carbocycles. The van der Waals surface area contributed by atoms with Crippen molar-refractivity contribution in [3.63, 3.8) is 0 Å². The number of Topliss-reactive ketones (excluding diaryl/α,β-unsaturated/α-hetero) is 1. The molecule has 14 heteroatoms. The number of pyridine rings is 1. The van der Waals surface area contributed by atoms with Crippen LogP contribution in [0, 0.1) is 0 Å². The predicted molar refractivity (Wildman–Crippen MR) is 251 cm³/mol. The first-order valence-corrected chi connectivity index (χ1v) is 22.6. The topological polar surface area (TPSA) is 128 Å². The van der Waals surface area contributed by atoms with Gasteiger partial charge in [-0.15, -0.1) is 0 Å². The number of ketones is 1. The zero-order valence-electron chi connectivity index (χ0n) is 38.1. The van der Waals surface area contributed by atoms with E-state index in [0.717, 1.165) is 60.4 Å². The Balaban J connectivity index is 1.02. The number of carbonyl (C=O) groups is 3. The highest BCUT2D eigenvalue weighted by molar-refractivity contribution is 6.06. The summed E-state index contributed by atoms with van der Waals surface area (Å²) in [6, 6.07) is 28.8. The minimum atomic E-state index is -4.49. The Bertz CT molecular complexity index is 2320. The van der Waals surface area contributed by atoms with Gasteiger partial charge in [-0.3, -0.25) is 19.4 Å². The molecular formula is C52H61F3N4O7. The smallest absolute Gasteiger partial charge is 0.379 e. The van der Waals surface area contributed by atoms with Crippen molar-refractivity contribution >= 4 is 29.0 Å². The van der Waals surface area contributed by atoms with Gasteiger partial charge in [0.05, 0.1) is 56.6 Å². The lowest BCUT2D eigenvalue weighted by atomic mass is 10.0. The molecule has 1 heterocycles. The molecule has 0 aliphatic rings. The molecule has 0 atom stereocenters. The maximum Gasteiger partial charge on any atom is 0.416 e. The lowest BCUT2D eigenvalue weighted by Gasteiger charge is -2.23. The maximum atomic E-state index is 13.7. The Hall–Kier alpha value is -5.93. The number of hydrogen-bond donors (Lipinski definition) is 2. The molecule has 0 spiro atoms. The molecule has 0 saturated carbocycles. The summed E-state index contributed by atoms with van der Waals surface area (Å²) in [6.45, 7) is 11.3. The number of carbonyl (C=O) groups excluding carboxylic acids is 3. The van der Waals surface area contributed by atoms with Crippen molar-refractivity contribution in [3.05, 3.63) is 148 Å². The number of halogens is 3. The third kappa shape index (κ3) is 16.5. The monoisotopic (exact) mass is 910 g/mol. The van der Waals surface area contributed by atoms with Crippen LogP contribution in [0.15, 0.2) is 109 Å². The quantitative estimate of drug-likeness (QED) is 0.0372. The van der Waals surface area contributed by atoms with Crippen molar-refractivity contribution in [2.45, 2.75) is 65.6 Å². The fourth-order valence-corrected chi connectivity index (χ4v) is 7.15. The summed E-state index contributed by atoms with van der Waals surface area (Å²) in [7, 11) is 0. The Morgan fingerprint density at radius 3 is 1.91 bits per heavy atom. The second kappa shape index (κ2) is 26.9. The minimum absolute atomic E-state index is 0.0984. The molecule has 5 rings (SSSR count). The van der Waals surface area contributed by atoms with E-state index in [9.17, 15) is 27.6 Å². The largest absolute Gasteiger partial charge is 0.416 e. The molecule has 66 heavy (non-hydrogen) atoms. The molecule has 0 fully saturated rings. The van der Waals surface area contributed by atoms with Crippen LogP contribution in [0.3, 0.4) is 0 Å². The van der Waals surface area contributed by atoms with Gasteiger partial charge in [0.25, 0.3) is 11.8 Å². The molecule has 5 aromatic rings. The molecule has 2 N–H and O–H groups in total. The first-order chi connectivity index (χ1) is 32.0. The summed E-state index contributed by atoms with van der Waals surface area (Å²) in [4.78, 5) is 46.0. The average molecular weight is 911 g/mol. The van der Waals surface area contributed by atoms with Crippen molar-refractivity contribution in [1.29, 1.82) is 0 Å². The minimum Gasteiger partial charge on any atom is -0.379 e. The third-order valence-electron chi connectivity index (χ3n) is 10.8. The SMILES string of the molecule is CCc1cccc(C(=O)CCCOCCOCCOCCOCCCc2cccc(C(=O)Nc3ccc(N(CC)CC)cc3-c3cc(C(=O)NCc4cccc(C(F)(F)F)c4)ccn3)c2)c1. The number of ether oxygens (including phenoxy) is 4. The van der Waals surface area contributed by atoms with Gasteiger partial charge in [0.1, 0.15) is 0 Å². The first kappa shape index (κ1) is 51.1. The Morgan fingerprint density at radius 2 is 1.23 bits per heavy atom. The van der Waals surface area contributed by atoms with Crippen LogP contribution in [0.2, 0.25) is 0 Å². The lowest BCUT2D eigenvalue weighted by Crippen LogP contribution is -2.23. The molecule has 0 aliphatic heterocycles. The normalized spacial score (nSPS) is 11.4. The van der Waals surface area contributed by atoms with Gasteiger partial charge in [-0.2, -0.15) is 13.2 Å². The fraction of sp³-hybridized carbons (Fsp3) is 0.385. The van der Waals surface area contributed by atoms with Crippen molar-refractivity contribution in [2.75, 3.05) is 76.2 Å². The van der Waals surface area contributed by atoms with E-state index in [4.69, 9.17) is 18.9 Å². The highest BCUT2D eigenvalue weighted by Crippen LogP contribution is 2.33. The van der Waals surface area contributed by atoms with Gasteiger partial charge in [-0.25, -0.2) is 0 Å². The summed E-state index contributed by atoms with van der Waals surface area (Å²) in [6.07, 6.45) is 0.486. The zero-order valence-corrected chi connectivity index (χ0v) is 38.1. The van der Waals surface area contributed by atoms with Crippen LogP contribution >= 0.6 is 0 Å². The number of nitrogens with zero attached hydrogens (tertiary/aromatic N) is 2. The maximum absolute atomic E-state index is 13.7. The van der Waals surface area contributed by atoms with E-state index in [1.54, 1.807) is 12.1 Å². The number of rotatable bonds is 28. The molecule has 1 aromatic heterocycles. The van der Waals surface area contributed by atoms with Crippen molar-refractivity contribution in [2.24, 2.45) is 0 Å². The van der Waals surface area contributed by atoms with E-state index >= 15 is 0 Å². The molecule has 11 nitrogen and oxygen atoms in total. The summed E-state index contributed by atoms with van der Waals surface area (Å²) < 4.78 is 62.3. The van der Waals surface area contributed by atoms with Gasteiger partial charge in [0.2, 0.25) is 0 Å². The Morgan fingerprint density at radius 1 is 0.621 bits per heavy atom. The number of nitrogens with one attached hydrogen (secondary N) is 2. The number of anilines is 2. The molecule has 0 aliphatic carbocycles. The van der Waals surface area contributed by atoms with Crippen molar-refractivity contribution in [3.8, 4) is 11.3 Å². The van der Waals surface area contributed by atoms with E-state index < -0.39 is 17.6 Å². The van der Waals surface area contributed by atoms with E-state index in [-0.39, 0.29) is 23.8 Å². The number of aromatic nitrogens is 1. The number of hydrogen-bond acceptors (Lipinski definition) is 9. The lowest BCUT2D eigenvalue weighted by molar-refractivity contribution is -0.137. The number of aryl methyl sites for hydroxylation is 2. The van der Waals surface area contributed by atoms with Crippen LogP contribution in [-0.2, 0) is 44.5 Å². The molecule has 0 saturated heterocycles. The molecule has 0 radical (unpaired) electrons. The highest BCUT2D eigenvalue weighted by atomic mass is 19.4. The summed E-state index contributed by atoms with van der Waals surface area (Å²) in [5.74, 6) is -0.659. The average Bonchev–Trinajstić information content (AvgIpc) is 3.33. The second-order valence-corrected chi connectivity index (χ2v) is 15.5. The molecule has 352 valence electrons. The van der Waals surface area contributed by atoms with Gasteiger partial charge in [0.15, 0.2) is 5.78 Å². The van der Waals surface area contributed by atoms with Gasteiger partial charge >= 0.3 is 6.18 Å². The molecule has 2 amide bonds. The number of alkyl halides is 3. The zero-order chi connectivity index (χ0) is 47.2. The van der Waals surface area contributed by atoms with E-state index in [1.165, 1.54) is 24.4 Å². The standard InChI is InChI=1S/C52H61F3N4O7/c1-4-38-12-7-16-41(32-38)49(60)19-11-25-64-27-29-66-31-30-65-28-26-63-24-10-15-39-13-8-17-42(33-39)51(62)58-47-21-20-45(59(5-2)6-3)36-46(47)48-35-43(22-23-56-48)50(61)57-37-40-14-9-18-44(34-40)52(53,54)55/h7-9,12-14,16-18,20-23,32-36H,4-6,10-11,15,19,24-31,37H2,1-3H3,(H,57,61)(H,58,62). The van der Waals surface area contributed by atoms with Gasteiger partial charge in [0, 0.05) is 73.4 Å². The van der Waals surface area contributed by atoms with E-state index in [0.29, 0.717) is 100 Å². The first-order valence-electron chi connectivity index (χ1n) is 22.6. The summed E-state index contributed by atoms with van der Waals surface area (Å²) >= 11 is 0. The van der Waals surface area contributed by atoms with Crippen molar-refractivity contribution in [1.82, 2.24) is 10.3 Å². The number of benzene rings is 4. The fourth-order valence-electron chi connectivity index (χ4n) is 7.15. The van der Waals surface area contributed by atoms with Gasteiger partial charge in [-0.1, -0.05) is 49.4 Å². The summed E-state index contributed by atoms with van der Waals surface area (Å²) in [5, 5.41) is 5.75. The third-order valence-corrected chi connectivity index (χ3v) is 10.8.